The fourth-order valence-corrected chi connectivity index (χ4v) is 3.91. The number of hydrogen-bond acceptors (Lipinski definition) is 5. The molecule has 1 aliphatic heterocycles. The minimum absolute atomic E-state index is 0.0524. The molecule has 28 heavy (non-hydrogen) atoms. The van der Waals surface area contributed by atoms with Crippen LogP contribution in [0.25, 0.3) is 0 Å². The van der Waals surface area contributed by atoms with E-state index in [1.807, 2.05) is 18.2 Å². The molecular weight excluding hydrogens is 382 g/mol. The second kappa shape index (κ2) is 10.5. The third-order valence-corrected chi connectivity index (χ3v) is 5.30. The minimum Gasteiger partial charge on any atom is -0.469 e. The van der Waals surface area contributed by atoms with E-state index in [9.17, 15) is 14.4 Å². The molecule has 0 radical (unpaired) electrons. The number of halogens is 1. The number of esters is 2. The summed E-state index contributed by atoms with van der Waals surface area (Å²) in [7, 11) is 1.33. The van der Waals surface area contributed by atoms with Crippen molar-refractivity contribution in [3.05, 3.63) is 34.9 Å². The van der Waals surface area contributed by atoms with Crippen LogP contribution in [0.4, 0.5) is 0 Å². The zero-order chi connectivity index (χ0) is 20.6. The number of methoxy groups -OCH3 is 1. The van der Waals surface area contributed by atoms with Crippen molar-refractivity contribution in [3.8, 4) is 0 Å². The molecule has 1 fully saturated rings. The Morgan fingerprint density at radius 2 is 2.04 bits per heavy atom. The third kappa shape index (κ3) is 5.96. The zero-order valence-electron chi connectivity index (χ0n) is 16.5. The van der Waals surface area contributed by atoms with Gasteiger partial charge in [0.2, 0.25) is 5.91 Å². The van der Waals surface area contributed by atoms with E-state index in [0.29, 0.717) is 44.0 Å². The van der Waals surface area contributed by atoms with Crippen LogP contribution in [0.1, 0.15) is 44.6 Å². The summed E-state index contributed by atoms with van der Waals surface area (Å²) >= 11 is 6.10. The average molecular weight is 410 g/mol. The first-order valence-corrected chi connectivity index (χ1v) is 10.0. The van der Waals surface area contributed by atoms with Gasteiger partial charge in [-0.3, -0.25) is 14.4 Å². The van der Waals surface area contributed by atoms with Crippen molar-refractivity contribution in [1.29, 1.82) is 0 Å². The highest BCUT2D eigenvalue weighted by Gasteiger charge is 2.44. The minimum atomic E-state index is -0.781. The summed E-state index contributed by atoms with van der Waals surface area (Å²) in [6, 6.07) is 7.43. The molecule has 2 rings (SSSR count). The number of carbonyl (C=O) groups excluding carboxylic acids is 3. The lowest BCUT2D eigenvalue weighted by molar-refractivity contribution is -0.160. The van der Waals surface area contributed by atoms with Gasteiger partial charge in [0.15, 0.2) is 0 Å². The lowest BCUT2D eigenvalue weighted by Gasteiger charge is -2.41. The second-order valence-corrected chi connectivity index (χ2v) is 7.59. The summed E-state index contributed by atoms with van der Waals surface area (Å²) in [4.78, 5) is 38.5. The molecule has 1 atom stereocenters. The van der Waals surface area contributed by atoms with Crippen LogP contribution in [0.2, 0.25) is 5.02 Å². The van der Waals surface area contributed by atoms with Gasteiger partial charge in [-0.25, -0.2) is 0 Å². The van der Waals surface area contributed by atoms with Gasteiger partial charge in [0, 0.05) is 31.0 Å². The zero-order valence-corrected chi connectivity index (χ0v) is 17.3. The maximum atomic E-state index is 12.9. The van der Waals surface area contributed by atoms with E-state index in [1.165, 1.54) is 7.11 Å². The van der Waals surface area contributed by atoms with E-state index >= 15 is 0 Å². The second-order valence-electron chi connectivity index (χ2n) is 7.16. The topological polar surface area (TPSA) is 72.9 Å². The highest BCUT2D eigenvalue weighted by molar-refractivity contribution is 6.30. The lowest BCUT2D eigenvalue weighted by Crippen LogP contribution is -2.51. The third-order valence-electron chi connectivity index (χ3n) is 5.07. The predicted molar refractivity (Wildman–Crippen MR) is 106 cm³/mol. The number of likely N-dealkylation sites (tertiary alicyclic amines) is 1. The van der Waals surface area contributed by atoms with E-state index < -0.39 is 5.41 Å². The molecule has 0 aliphatic carbocycles. The molecular formula is C21H28ClNO5. The summed E-state index contributed by atoms with van der Waals surface area (Å²) in [5, 5.41) is 0.614. The van der Waals surface area contributed by atoms with Crippen LogP contribution in [-0.2, 0) is 30.3 Å². The molecule has 0 N–H and O–H groups in total. The molecule has 1 amide bonds. The molecule has 0 aromatic heterocycles. The van der Waals surface area contributed by atoms with E-state index in [1.54, 1.807) is 17.9 Å². The average Bonchev–Trinajstić information content (AvgIpc) is 2.68. The largest absolute Gasteiger partial charge is 0.469 e. The lowest BCUT2D eigenvalue weighted by atomic mass is 9.75. The van der Waals surface area contributed by atoms with Gasteiger partial charge in [-0.1, -0.05) is 23.7 Å². The van der Waals surface area contributed by atoms with E-state index in [2.05, 4.69) is 4.74 Å². The van der Waals surface area contributed by atoms with E-state index in [0.717, 1.165) is 12.0 Å². The molecule has 0 spiro atoms. The summed E-state index contributed by atoms with van der Waals surface area (Å²) in [6.07, 6.45) is 2.75. The predicted octanol–water partition coefficient (Wildman–Crippen LogP) is 3.40. The van der Waals surface area contributed by atoms with Gasteiger partial charge in [-0.05, 0) is 50.3 Å². The van der Waals surface area contributed by atoms with Crippen molar-refractivity contribution in [2.75, 3.05) is 26.8 Å². The Labute approximate surface area is 171 Å². The van der Waals surface area contributed by atoms with Crippen LogP contribution in [0.3, 0.4) is 0 Å². The Balaban J connectivity index is 2.12. The first-order valence-electron chi connectivity index (χ1n) is 9.66. The number of nitrogens with zero attached hydrogens (tertiary/aromatic N) is 1. The quantitative estimate of drug-likeness (QED) is 0.615. The van der Waals surface area contributed by atoms with Crippen molar-refractivity contribution in [1.82, 2.24) is 4.90 Å². The van der Waals surface area contributed by atoms with Crippen molar-refractivity contribution < 1.29 is 23.9 Å². The fourth-order valence-electron chi connectivity index (χ4n) is 3.69. The number of amides is 1. The van der Waals surface area contributed by atoms with Crippen molar-refractivity contribution in [3.63, 3.8) is 0 Å². The van der Waals surface area contributed by atoms with Gasteiger partial charge in [-0.2, -0.15) is 0 Å². The Hall–Kier alpha value is -2.08. The Morgan fingerprint density at radius 3 is 2.71 bits per heavy atom. The van der Waals surface area contributed by atoms with Gasteiger partial charge >= 0.3 is 11.9 Å². The van der Waals surface area contributed by atoms with E-state index in [4.69, 9.17) is 16.3 Å². The van der Waals surface area contributed by atoms with Gasteiger partial charge in [0.25, 0.3) is 0 Å². The van der Waals surface area contributed by atoms with Crippen LogP contribution in [0.15, 0.2) is 24.3 Å². The van der Waals surface area contributed by atoms with Crippen molar-refractivity contribution >= 4 is 29.4 Å². The van der Waals surface area contributed by atoms with Gasteiger partial charge in [0.05, 0.1) is 19.1 Å². The van der Waals surface area contributed by atoms with Crippen LogP contribution in [0, 0.1) is 5.41 Å². The number of rotatable bonds is 8. The Kier molecular flexibility index (Phi) is 8.30. The first-order chi connectivity index (χ1) is 13.4. The Morgan fingerprint density at radius 1 is 1.25 bits per heavy atom. The first kappa shape index (κ1) is 22.2. The standard InChI is InChI=1S/C21H28ClNO5/c1-3-28-20(26)21(14-16-7-4-8-17(22)13-16)11-6-12-23(15-21)18(24)9-5-10-19(25)27-2/h4,7-8,13H,3,5-6,9-12,14-15H2,1-2H3/t21-/m1/s1. The number of piperidine rings is 1. The van der Waals surface area contributed by atoms with Crippen LogP contribution >= 0.6 is 11.6 Å². The molecule has 6 nitrogen and oxygen atoms in total. The van der Waals surface area contributed by atoms with Gasteiger partial charge in [-0.15, -0.1) is 0 Å². The number of ether oxygens (including phenoxy) is 2. The van der Waals surface area contributed by atoms with Crippen molar-refractivity contribution in [2.24, 2.45) is 5.41 Å². The SMILES string of the molecule is CCOC(=O)[C@@]1(Cc2cccc(Cl)c2)CCCN(C(=O)CCCC(=O)OC)C1. The molecule has 1 aromatic rings. The summed E-state index contributed by atoms with van der Waals surface area (Å²) in [5.74, 6) is -0.654. The van der Waals surface area contributed by atoms with Crippen LogP contribution < -0.4 is 0 Å². The van der Waals surface area contributed by atoms with Crippen molar-refractivity contribution in [2.45, 2.75) is 45.4 Å². The normalized spacial score (nSPS) is 19.2. The molecule has 154 valence electrons. The summed E-state index contributed by atoms with van der Waals surface area (Å²) < 4.78 is 9.98. The number of hydrogen-bond donors (Lipinski definition) is 0. The highest BCUT2D eigenvalue weighted by atomic mass is 35.5. The highest BCUT2D eigenvalue weighted by Crippen LogP contribution is 2.36. The Bertz CT molecular complexity index is 708. The fraction of sp³-hybridized carbons (Fsp3) is 0.571. The monoisotopic (exact) mass is 409 g/mol. The van der Waals surface area contributed by atoms with Crippen LogP contribution in [-0.4, -0.2) is 49.6 Å². The van der Waals surface area contributed by atoms with E-state index in [-0.39, 0.29) is 30.7 Å². The number of benzene rings is 1. The molecule has 1 saturated heterocycles. The molecule has 1 heterocycles. The molecule has 0 saturated carbocycles. The molecule has 0 unspecified atom stereocenters. The molecule has 7 heteroatoms. The smallest absolute Gasteiger partial charge is 0.314 e. The van der Waals surface area contributed by atoms with Gasteiger partial charge < -0.3 is 14.4 Å². The van der Waals surface area contributed by atoms with Crippen LogP contribution in [0.5, 0.6) is 0 Å². The maximum absolute atomic E-state index is 12.9. The summed E-state index contributed by atoms with van der Waals surface area (Å²) in [6.45, 7) is 3.00. The maximum Gasteiger partial charge on any atom is 0.314 e. The molecule has 1 aromatic carbocycles. The summed E-state index contributed by atoms with van der Waals surface area (Å²) in [5.41, 5.74) is 0.164. The molecule has 1 aliphatic rings. The molecule has 0 bridgehead atoms. The van der Waals surface area contributed by atoms with Gasteiger partial charge in [0.1, 0.15) is 0 Å². The number of carbonyl (C=O) groups is 3.